The molecule has 4 unspecified atom stereocenters. The van der Waals surface area contributed by atoms with E-state index in [9.17, 15) is 0 Å². The molecule has 6 aromatic carbocycles. The van der Waals surface area contributed by atoms with E-state index in [1.54, 1.807) is 0 Å². The van der Waals surface area contributed by atoms with Crippen LogP contribution >= 0.6 is 11.3 Å². The molecule has 6 heteroatoms. The van der Waals surface area contributed by atoms with E-state index in [0.29, 0.717) is 6.54 Å². The molecular weight excluding hydrogens is 647 g/mol. The van der Waals surface area contributed by atoms with Crippen LogP contribution in [0, 0.1) is 0 Å². The zero-order chi connectivity index (χ0) is 33.9. The van der Waals surface area contributed by atoms with Gasteiger partial charge in [0.25, 0.3) is 0 Å². The average Bonchev–Trinajstić information content (AvgIpc) is 3.88. The summed E-state index contributed by atoms with van der Waals surface area (Å²) in [6, 6.07) is 44.9. The number of para-hydroxylation sites is 3. The minimum atomic E-state index is -0.512. The molecule has 0 bridgehead atoms. The highest BCUT2D eigenvalue weighted by atomic mass is 32.1. The first-order valence-corrected chi connectivity index (χ1v) is 18.3. The summed E-state index contributed by atoms with van der Waals surface area (Å²) in [6.07, 6.45) is 7.62. The van der Waals surface area contributed by atoms with E-state index in [4.69, 9.17) is 14.9 Å². The van der Waals surface area contributed by atoms with Gasteiger partial charge < -0.3 is 14.9 Å². The lowest BCUT2D eigenvalue weighted by Gasteiger charge is -2.26. The van der Waals surface area contributed by atoms with Gasteiger partial charge in [-0.25, -0.2) is 0 Å². The molecule has 10 rings (SSSR count). The molecule has 4 N–H and O–H groups in total. The number of hydrogen-bond donors (Lipinski definition) is 3. The zero-order valence-corrected chi connectivity index (χ0v) is 28.6. The van der Waals surface area contributed by atoms with E-state index >= 15 is 0 Å². The van der Waals surface area contributed by atoms with E-state index < -0.39 is 6.17 Å². The van der Waals surface area contributed by atoms with Crippen LogP contribution in [-0.2, 0) is 6.54 Å². The molecule has 2 aromatic heterocycles. The SMILES string of the molecule is NC(NC(NCc1ccccc1)c1cccc2c1oc1c(-c3cccc4c3sc3ccccc34)cccc12)c1cccc2c1OC1C=CC=CC21. The van der Waals surface area contributed by atoms with Gasteiger partial charge in [-0.05, 0) is 17.7 Å². The molecular formula is C45H35N3O2S. The molecule has 0 radical (unpaired) electrons. The smallest absolute Gasteiger partial charge is 0.143 e. The van der Waals surface area contributed by atoms with Gasteiger partial charge >= 0.3 is 0 Å². The van der Waals surface area contributed by atoms with Crippen molar-refractivity contribution >= 4 is 53.4 Å². The van der Waals surface area contributed by atoms with E-state index in [0.717, 1.165) is 44.4 Å². The second-order valence-corrected chi connectivity index (χ2v) is 14.4. The minimum Gasteiger partial charge on any atom is -0.485 e. The number of nitrogens with one attached hydrogen (secondary N) is 2. The van der Waals surface area contributed by atoms with Crippen LogP contribution in [0.5, 0.6) is 5.75 Å². The van der Waals surface area contributed by atoms with E-state index in [1.165, 1.54) is 36.9 Å². The van der Waals surface area contributed by atoms with Gasteiger partial charge in [0, 0.05) is 71.2 Å². The Labute approximate surface area is 299 Å². The first kappa shape index (κ1) is 30.3. The average molecular weight is 682 g/mol. The Morgan fingerprint density at radius 2 is 1.35 bits per heavy atom. The fourth-order valence-corrected chi connectivity index (χ4v) is 9.15. The normalized spacial score (nSPS) is 17.6. The van der Waals surface area contributed by atoms with Crippen molar-refractivity contribution in [3.63, 3.8) is 0 Å². The second-order valence-electron chi connectivity index (χ2n) is 13.4. The van der Waals surface area contributed by atoms with E-state index in [-0.39, 0.29) is 18.2 Å². The number of rotatable bonds is 8. The summed E-state index contributed by atoms with van der Waals surface area (Å²) < 4.78 is 16.0. The third kappa shape index (κ3) is 5.10. The van der Waals surface area contributed by atoms with Crippen LogP contribution in [0.1, 0.15) is 40.5 Å². The molecule has 0 saturated heterocycles. The van der Waals surface area contributed by atoms with Gasteiger partial charge in [-0.2, -0.15) is 0 Å². The first-order valence-electron chi connectivity index (χ1n) is 17.5. The number of hydrogen-bond acceptors (Lipinski definition) is 6. The summed E-state index contributed by atoms with van der Waals surface area (Å²) in [5.74, 6) is 1.06. The molecule has 8 aromatic rings. The summed E-state index contributed by atoms with van der Waals surface area (Å²) >= 11 is 1.84. The maximum Gasteiger partial charge on any atom is 0.143 e. The number of furan rings is 1. The molecule has 1 aliphatic heterocycles. The summed E-state index contributed by atoms with van der Waals surface area (Å²) in [4.78, 5) is 0. The van der Waals surface area contributed by atoms with Gasteiger partial charge in [0.15, 0.2) is 0 Å². The van der Waals surface area contributed by atoms with Crippen LogP contribution in [0.25, 0.3) is 53.2 Å². The van der Waals surface area contributed by atoms with Crippen molar-refractivity contribution in [3.8, 4) is 16.9 Å². The summed E-state index contributed by atoms with van der Waals surface area (Å²) in [6.45, 7) is 0.643. The van der Waals surface area contributed by atoms with Crippen LogP contribution in [0.2, 0.25) is 0 Å². The van der Waals surface area contributed by atoms with Crippen LogP contribution in [-0.4, -0.2) is 6.10 Å². The predicted octanol–water partition coefficient (Wildman–Crippen LogP) is 10.6. The third-order valence-electron chi connectivity index (χ3n) is 10.4. The monoisotopic (exact) mass is 681 g/mol. The molecule has 1 aliphatic carbocycles. The summed E-state index contributed by atoms with van der Waals surface area (Å²) in [5, 5.41) is 12.2. The fraction of sp³-hybridized carbons (Fsp3) is 0.111. The largest absolute Gasteiger partial charge is 0.485 e. The molecule has 2 aliphatic rings. The van der Waals surface area contributed by atoms with Crippen molar-refractivity contribution < 1.29 is 9.15 Å². The zero-order valence-electron chi connectivity index (χ0n) is 27.8. The molecule has 51 heavy (non-hydrogen) atoms. The second kappa shape index (κ2) is 12.4. The minimum absolute atomic E-state index is 0.0118. The van der Waals surface area contributed by atoms with Crippen LogP contribution < -0.4 is 21.1 Å². The number of allylic oxidation sites excluding steroid dienone is 2. The van der Waals surface area contributed by atoms with Gasteiger partial charge in [0.2, 0.25) is 0 Å². The topological polar surface area (TPSA) is 72.5 Å². The fourth-order valence-electron chi connectivity index (χ4n) is 7.92. The summed E-state index contributed by atoms with van der Waals surface area (Å²) in [7, 11) is 0. The molecule has 0 spiro atoms. The third-order valence-corrected chi connectivity index (χ3v) is 11.6. The van der Waals surface area contributed by atoms with Gasteiger partial charge in [-0.3, -0.25) is 10.6 Å². The lowest BCUT2D eigenvalue weighted by Crippen LogP contribution is -2.40. The van der Waals surface area contributed by atoms with Crippen LogP contribution in [0.4, 0.5) is 0 Å². The Morgan fingerprint density at radius 3 is 2.25 bits per heavy atom. The number of thiophene rings is 1. The van der Waals surface area contributed by atoms with Crippen molar-refractivity contribution in [2.75, 3.05) is 0 Å². The molecule has 0 amide bonds. The first-order chi connectivity index (χ1) is 25.2. The number of benzene rings is 6. The van der Waals surface area contributed by atoms with Gasteiger partial charge in [-0.15, -0.1) is 11.3 Å². The number of ether oxygens (including phenoxy) is 1. The highest BCUT2D eigenvalue weighted by molar-refractivity contribution is 7.26. The Kier molecular flexibility index (Phi) is 7.36. The van der Waals surface area contributed by atoms with Crippen LogP contribution in [0.3, 0.4) is 0 Å². The van der Waals surface area contributed by atoms with Crippen LogP contribution in [0.15, 0.2) is 156 Å². The number of fused-ring (bicyclic) bond motifs is 9. The quantitative estimate of drug-likeness (QED) is 0.139. The number of nitrogens with two attached hydrogens (primary N) is 1. The van der Waals surface area contributed by atoms with Gasteiger partial charge in [-0.1, -0.05) is 140 Å². The molecule has 248 valence electrons. The van der Waals surface area contributed by atoms with Crippen molar-refractivity contribution in [3.05, 3.63) is 174 Å². The Morgan fingerprint density at radius 1 is 0.647 bits per heavy atom. The predicted molar refractivity (Wildman–Crippen MR) is 210 cm³/mol. The highest BCUT2D eigenvalue weighted by Gasteiger charge is 2.35. The molecule has 0 fully saturated rings. The Balaban J connectivity index is 1.08. The summed E-state index contributed by atoms with van der Waals surface area (Å²) in [5.41, 5.74) is 15.3. The Hall–Kier alpha value is -5.50. The molecule has 5 nitrogen and oxygen atoms in total. The standard InChI is InChI=1S/C45H35N3O2S/c46-44(36-22-9-16-30-28-14-4-6-24-38(28)49-41(30)36)48-45(47-26-27-12-2-1-3-13-27)37-23-10-18-32-31-17-8-19-33(40(31)50-42(32)37)35-21-11-20-34-29-15-5-7-25-39(29)51-43(34)35/h1-25,28,38,44-45,47-48H,26,46H2. The molecule has 0 saturated carbocycles. The van der Waals surface area contributed by atoms with Crippen molar-refractivity contribution in [2.45, 2.75) is 30.9 Å². The van der Waals surface area contributed by atoms with E-state index in [1.807, 2.05) is 17.4 Å². The highest BCUT2D eigenvalue weighted by Crippen LogP contribution is 2.46. The van der Waals surface area contributed by atoms with Crippen molar-refractivity contribution in [2.24, 2.45) is 5.73 Å². The van der Waals surface area contributed by atoms with Crippen molar-refractivity contribution in [1.82, 2.24) is 10.6 Å². The van der Waals surface area contributed by atoms with E-state index in [2.05, 4.69) is 156 Å². The van der Waals surface area contributed by atoms with Gasteiger partial charge in [0.05, 0.1) is 12.3 Å². The maximum atomic E-state index is 7.07. The molecule has 4 atom stereocenters. The molecule has 3 heterocycles. The lowest BCUT2D eigenvalue weighted by atomic mass is 9.91. The van der Waals surface area contributed by atoms with Gasteiger partial charge in [0.1, 0.15) is 23.0 Å². The van der Waals surface area contributed by atoms with Crippen molar-refractivity contribution in [1.29, 1.82) is 0 Å². The Bertz CT molecular complexity index is 2650. The maximum absolute atomic E-state index is 7.07. The lowest BCUT2D eigenvalue weighted by molar-refractivity contribution is 0.263.